The van der Waals surface area contributed by atoms with E-state index in [4.69, 9.17) is 15.3 Å². The van der Waals surface area contributed by atoms with E-state index in [1.807, 2.05) is 0 Å². The number of ether oxygens (including phenoxy) is 2. The van der Waals surface area contributed by atoms with Gasteiger partial charge in [0.2, 0.25) is 0 Å². The van der Waals surface area contributed by atoms with Gasteiger partial charge in [0, 0.05) is 13.1 Å². The molecule has 3 N–H and O–H groups in total. The molecular weight excluding hydrogens is 388 g/mol. The first-order valence-corrected chi connectivity index (χ1v) is 8.79. The maximum absolute atomic E-state index is 11.8. The second-order valence-corrected chi connectivity index (χ2v) is 6.82. The second-order valence-electron chi connectivity index (χ2n) is 6.82. The number of hydrogen-bond donors (Lipinski definition) is 3. The number of esters is 1. The van der Waals surface area contributed by atoms with Crippen LogP contribution in [-0.2, 0) is 9.47 Å². The molecule has 0 unspecified atom stereocenters. The highest BCUT2D eigenvalue weighted by Crippen LogP contribution is 2.25. The molecule has 0 saturated heterocycles. The lowest BCUT2D eigenvalue weighted by Gasteiger charge is -2.20. The average molecular weight is 410 g/mol. The van der Waals surface area contributed by atoms with Gasteiger partial charge in [0.15, 0.2) is 5.57 Å². The first-order chi connectivity index (χ1) is 14.1. The largest absolute Gasteiger partial charge is 0.465 e. The van der Waals surface area contributed by atoms with Gasteiger partial charge in [-0.2, -0.15) is 15.8 Å². The van der Waals surface area contributed by atoms with Crippen molar-refractivity contribution in [2.45, 2.75) is 26.4 Å². The van der Waals surface area contributed by atoms with E-state index in [-0.39, 0.29) is 23.5 Å². The number of rotatable bonds is 7. The number of amides is 1. The van der Waals surface area contributed by atoms with Gasteiger partial charge >= 0.3 is 12.1 Å². The number of carbonyl (C=O) groups is 2. The predicted octanol–water partition coefficient (Wildman–Crippen LogP) is 2.65. The summed E-state index contributed by atoms with van der Waals surface area (Å²) >= 11 is 0. The minimum Gasteiger partial charge on any atom is -0.465 e. The summed E-state index contributed by atoms with van der Waals surface area (Å²) in [6.45, 7) is 5.78. The topological polar surface area (TPSA) is 160 Å². The van der Waals surface area contributed by atoms with Crippen molar-refractivity contribution in [2.24, 2.45) is 0 Å². The van der Waals surface area contributed by atoms with Crippen LogP contribution in [0, 0.1) is 34.0 Å². The van der Waals surface area contributed by atoms with Gasteiger partial charge in [-0.3, -0.25) is 0 Å². The second kappa shape index (κ2) is 10.9. The van der Waals surface area contributed by atoms with Crippen LogP contribution >= 0.6 is 0 Å². The molecule has 156 valence electrons. The number of benzene rings is 1. The van der Waals surface area contributed by atoms with Crippen molar-refractivity contribution in [3.05, 3.63) is 35.0 Å². The Morgan fingerprint density at radius 2 is 1.70 bits per heavy atom. The molecule has 1 rings (SSSR count). The van der Waals surface area contributed by atoms with E-state index in [2.05, 4.69) is 20.7 Å². The smallest absolute Gasteiger partial charge is 0.407 e. The molecule has 0 fully saturated rings. The van der Waals surface area contributed by atoms with Crippen molar-refractivity contribution in [3.8, 4) is 18.2 Å². The van der Waals surface area contributed by atoms with Crippen LogP contribution in [0.4, 0.5) is 16.2 Å². The van der Waals surface area contributed by atoms with E-state index < -0.39 is 23.2 Å². The van der Waals surface area contributed by atoms with Gasteiger partial charge in [0.1, 0.15) is 29.5 Å². The molecule has 0 aliphatic rings. The van der Waals surface area contributed by atoms with Gasteiger partial charge in [-0.25, -0.2) is 9.59 Å². The van der Waals surface area contributed by atoms with Crippen LogP contribution in [-0.4, -0.2) is 37.9 Å². The molecule has 1 aromatic carbocycles. The van der Waals surface area contributed by atoms with E-state index >= 15 is 0 Å². The van der Waals surface area contributed by atoms with Crippen LogP contribution in [0.3, 0.4) is 0 Å². The third kappa shape index (κ3) is 7.41. The molecule has 30 heavy (non-hydrogen) atoms. The number of anilines is 2. The van der Waals surface area contributed by atoms with Crippen LogP contribution in [0.1, 0.15) is 31.1 Å². The summed E-state index contributed by atoms with van der Waals surface area (Å²) in [5.74, 6) is -0.598. The number of methoxy groups -OCH3 is 1. The molecule has 10 nitrogen and oxygen atoms in total. The lowest BCUT2D eigenvalue weighted by molar-refractivity contribution is 0.0528. The Hall–Kier alpha value is -4.23. The van der Waals surface area contributed by atoms with E-state index in [9.17, 15) is 14.9 Å². The van der Waals surface area contributed by atoms with Crippen molar-refractivity contribution < 1.29 is 19.1 Å². The minimum absolute atomic E-state index is 0.199. The third-order valence-corrected chi connectivity index (χ3v) is 3.39. The van der Waals surface area contributed by atoms with Crippen molar-refractivity contribution in [1.82, 2.24) is 5.32 Å². The van der Waals surface area contributed by atoms with E-state index in [1.165, 1.54) is 19.2 Å². The zero-order chi connectivity index (χ0) is 22.7. The first-order valence-electron chi connectivity index (χ1n) is 8.79. The maximum atomic E-state index is 11.8. The highest BCUT2D eigenvalue weighted by molar-refractivity contribution is 5.92. The Morgan fingerprint density at radius 3 is 2.23 bits per heavy atom. The summed E-state index contributed by atoms with van der Waals surface area (Å²) in [6, 6.07) is 9.51. The maximum Gasteiger partial charge on any atom is 0.407 e. The lowest BCUT2D eigenvalue weighted by atomic mass is 10.1. The molecule has 1 amide bonds. The SMILES string of the molecule is COC(=O)c1ccc(NCCNC(=O)OC(C)(C)C)c(NC(C#N)=C(C#N)C#N)c1. The summed E-state index contributed by atoms with van der Waals surface area (Å²) < 4.78 is 9.83. The summed E-state index contributed by atoms with van der Waals surface area (Å²) in [5.41, 5.74) is -0.343. The molecule has 0 aliphatic carbocycles. The highest BCUT2D eigenvalue weighted by atomic mass is 16.6. The average Bonchev–Trinajstić information content (AvgIpc) is 2.69. The molecule has 0 saturated carbocycles. The zero-order valence-corrected chi connectivity index (χ0v) is 17.1. The fraction of sp³-hybridized carbons (Fsp3) is 0.350. The Balaban J connectivity index is 3.01. The monoisotopic (exact) mass is 410 g/mol. The minimum atomic E-state index is -0.614. The fourth-order valence-corrected chi connectivity index (χ4v) is 2.14. The number of alkyl carbamates (subject to hydrolysis) is 1. The number of nitrogens with zero attached hydrogens (tertiary/aromatic N) is 3. The van der Waals surface area contributed by atoms with Crippen LogP contribution in [0.25, 0.3) is 0 Å². The Kier molecular flexibility index (Phi) is 8.68. The van der Waals surface area contributed by atoms with Gasteiger partial charge in [-0.05, 0) is 39.0 Å². The van der Waals surface area contributed by atoms with E-state index in [1.54, 1.807) is 45.0 Å². The molecule has 0 heterocycles. The molecule has 0 spiro atoms. The molecule has 10 heteroatoms. The third-order valence-electron chi connectivity index (χ3n) is 3.39. The Morgan fingerprint density at radius 1 is 1.03 bits per heavy atom. The van der Waals surface area contributed by atoms with Crippen LogP contribution in [0.15, 0.2) is 29.5 Å². The van der Waals surface area contributed by atoms with Crippen molar-refractivity contribution in [2.75, 3.05) is 30.8 Å². The Labute approximate surface area is 174 Å². The summed E-state index contributed by atoms with van der Waals surface area (Å²) in [5, 5.41) is 35.6. The van der Waals surface area contributed by atoms with Crippen LogP contribution < -0.4 is 16.0 Å². The molecule has 0 aliphatic heterocycles. The van der Waals surface area contributed by atoms with E-state index in [0.717, 1.165) is 0 Å². The van der Waals surface area contributed by atoms with Crippen molar-refractivity contribution in [3.63, 3.8) is 0 Å². The Bertz CT molecular complexity index is 941. The zero-order valence-electron chi connectivity index (χ0n) is 17.1. The number of nitrogens with one attached hydrogen (secondary N) is 3. The van der Waals surface area contributed by atoms with Crippen LogP contribution in [0.2, 0.25) is 0 Å². The first kappa shape index (κ1) is 23.8. The number of carbonyl (C=O) groups excluding carboxylic acids is 2. The standard InChI is InChI=1S/C20H22N6O4/c1-20(2,3)30-19(28)25-8-7-24-15-6-5-13(18(27)29-4)9-16(15)26-17(12-23)14(10-21)11-22/h5-6,9,24,26H,7-8H2,1-4H3,(H,25,28). The molecule has 1 aromatic rings. The summed E-state index contributed by atoms with van der Waals surface area (Å²) in [4.78, 5) is 23.5. The van der Waals surface area contributed by atoms with E-state index in [0.29, 0.717) is 12.2 Å². The predicted molar refractivity (Wildman–Crippen MR) is 108 cm³/mol. The van der Waals surface area contributed by atoms with Gasteiger partial charge in [-0.1, -0.05) is 0 Å². The number of nitriles is 3. The number of hydrogen-bond acceptors (Lipinski definition) is 9. The van der Waals surface area contributed by atoms with Gasteiger partial charge in [0.25, 0.3) is 0 Å². The quantitative estimate of drug-likeness (QED) is 0.349. The van der Waals surface area contributed by atoms with Crippen molar-refractivity contribution >= 4 is 23.4 Å². The molecule has 0 atom stereocenters. The molecular formula is C20H22N6O4. The van der Waals surface area contributed by atoms with Gasteiger partial charge in [-0.15, -0.1) is 0 Å². The van der Waals surface area contributed by atoms with Crippen LogP contribution in [0.5, 0.6) is 0 Å². The summed E-state index contributed by atoms with van der Waals surface area (Å²) in [7, 11) is 1.23. The van der Waals surface area contributed by atoms with Crippen molar-refractivity contribution in [1.29, 1.82) is 15.8 Å². The highest BCUT2D eigenvalue weighted by Gasteiger charge is 2.16. The number of allylic oxidation sites excluding steroid dienone is 2. The van der Waals surface area contributed by atoms with Gasteiger partial charge < -0.3 is 25.4 Å². The summed E-state index contributed by atoms with van der Waals surface area (Å²) in [6.07, 6.45) is -0.564. The normalized spacial score (nSPS) is 9.77. The molecule has 0 radical (unpaired) electrons. The fourth-order valence-electron chi connectivity index (χ4n) is 2.14. The molecule has 0 aromatic heterocycles. The van der Waals surface area contributed by atoms with Gasteiger partial charge in [0.05, 0.1) is 24.0 Å². The lowest BCUT2D eigenvalue weighted by Crippen LogP contribution is -2.35. The molecule has 0 bridgehead atoms.